The molecular formula is C17H20ClNO. The molecule has 2 aromatic rings. The summed E-state index contributed by atoms with van der Waals surface area (Å²) in [6.45, 7) is 2.62. The highest BCUT2D eigenvalue weighted by Crippen LogP contribution is 2.31. The SMILES string of the molecule is CCCC(CN)Oc1ccc(-c2ccccc2)cc1Cl. The Morgan fingerprint density at radius 2 is 1.85 bits per heavy atom. The average molecular weight is 290 g/mol. The topological polar surface area (TPSA) is 35.2 Å². The number of nitrogens with two attached hydrogens (primary N) is 1. The number of benzene rings is 2. The zero-order chi connectivity index (χ0) is 14.4. The van der Waals surface area contributed by atoms with Crippen LogP contribution in [0.3, 0.4) is 0 Å². The van der Waals surface area contributed by atoms with Crippen molar-refractivity contribution in [3.63, 3.8) is 0 Å². The van der Waals surface area contributed by atoms with Gasteiger partial charge in [0.15, 0.2) is 0 Å². The van der Waals surface area contributed by atoms with Crippen molar-refractivity contribution < 1.29 is 4.74 Å². The Balaban J connectivity index is 2.18. The fraction of sp³-hybridized carbons (Fsp3) is 0.294. The highest BCUT2D eigenvalue weighted by Gasteiger charge is 2.10. The predicted octanol–water partition coefficient (Wildman–Crippen LogP) is 4.51. The van der Waals surface area contributed by atoms with Gasteiger partial charge in [-0.25, -0.2) is 0 Å². The van der Waals surface area contributed by atoms with E-state index >= 15 is 0 Å². The van der Waals surface area contributed by atoms with Gasteiger partial charge in [0.25, 0.3) is 0 Å². The van der Waals surface area contributed by atoms with Crippen LogP contribution < -0.4 is 10.5 Å². The second kappa shape index (κ2) is 7.32. The van der Waals surface area contributed by atoms with Gasteiger partial charge in [0.2, 0.25) is 0 Å². The molecule has 0 fully saturated rings. The molecule has 0 aromatic heterocycles. The highest BCUT2D eigenvalue weighted by molar-refractivity contribution is 6.32. The van der Waals surface area contributed by atoms with Gasteiger partial charge >= 0.3 is 0 Å². The molecule has 0 radical (unpaired) electrons. The van der Waals surface area contributed by atoms with Crippen LogP contribution in [0.1, 0.15) is 19.8 Å². The third-order valence-corrected chi connectivity index (χ3v) is 3.50. The van der Waals surface area contributed by atoms with Crippen LogP contribution in [0.2, 0.25) is 5.02 Å². The molecule has 2 nitrogen and oxygen atoms in total. The fourth-order valence-corrected chi connectivity index (χ4v) is 2.36. The van der Waals surface area contributed by atoms with Crippen molar-refractivity contribution in [1.82, 2.24) is 0 Å². The molecule has 3 heteroatoms. The Kier molecular flexibility index (Phi) is 5.45. The molecule has 20 heavy (non-hydrogen) atoms. The van der Waals surface area contributed by atoms with Gasteiger partial charge < -0.3 is 10.5 Å². The van der Waals surface area contributed by atoms with Crippen LogP contribution in [-0.2, 0) is 0 Å². The molecule has 0 amide bonds. The van der Waals surface area contributed by atoms with Crippen molar-refractivity contribution in [3.05, 3.63) is 53.6 Å². The maximum atomic E-state index is 6.31. The van der Waals surface area contributed by atoms with Gasteiger partial charge in [-0.3, -0.25) is 0 Å². The zero-order valence-electron chi connectivity index (χ0n) is 11.7. The average Bonchev–Trinajstić information content (AvgIpc) is 2.49. The summed E-state index contributed by atoms with van der Waals surface area (Å²) in [7, 11) is 0. The fourth-order valence-electron chi connectivity index (χ4n) is 2.13. The molecule has 0 spiro atoms. The van der Waals surface area contributed by atoms with Gasteiger partial charge in [0, 0.05) is 6.54 Å². The van der Waals surface area contributed by atoms with Gasteiger partial charge in [-0.2, -0.15) is 0 Å². The normalized spacial score (nSPS) is 12.2. The lowest BCUT2D eigenvalue weighted by Gasteiger charge is -2.18. The van der Waals surface area contributed by atoms with E-state index in [0.717, 1.165) is 24.0 Å². The van der Waals surface area contributed by atoms with Crippen LogP contribution >= 0.6 is 11.6 Å². The summed E-state index contributed by atoms with van der Waals surface area (Å²) in [4.78, 5) is 0. The molecule has 2 N–H and O–H groups in total. The number of hydrogen-bond acceptors (Lipinski definition) is 2. The molecule has 1 unspecified atom stereocenters. The van der Waals surface area contributed by atoms with Gasteiger partial charge in [-0.15, -0.1) is 0 Å². The minimum atomic E-state index is 0.0278. The van der Waals surface area contributed by atoms with Crippen LogP contribution in [0.25, 0.3) is 11.1 Å². The van der Waals surface area contributed by atoms with E-state index in [1.165, 1.54) is 0 Å². The van der Waals surface area contributed by atoms with Gasteiger partial charge in [-0.05, 0) is 29.7 Å². The van der Waals surface area contributed by atoms with E-state index < -0.39 is 0 Å². The van der Waals surface area contributed by atoms with E-state index in [1.54, 1.807) is 0 Å². The van der Waals surface area contributed by atoms with Crippen LogP contribution in [-0.4, -0.2) is 12.6 Å². The standard InChI is InChI=1S/C17H20ClNO/c1-2-6-15(12-19)20-17-10-9-14(11-16(17)18)13-7-4-3-5-8-13/h3-5,7-11,15H,2,6,12,19H2,1H3. The summed E-state index contributed by atoms with van der Waals surface area (Å²) in [5.41, 5.74) is 7.94. The van der Waals surface area contributed by atoms with E-state index in [9.17, 15) is 0 Å². The molecule has 2 aromatic carbocycles. The lowest BCUT2D eigenvalue weighted by molar-refractivity contribution is 0.198. The Morgan fingerprint density at radius 1 is 1.10 bits per heavy atom. The second-order valence-electron chi connectivity index (χ2n) is 4.78. The smallest absolute Gasteiger partial charge is 0.138 e. The Labute approximate surface area is 125 Å². The lowest BCUT2D eigenvalue weighted by atomic mass is 10.1. The predicted molar refractivity (Wildman–Crippen MR) is 85.3 cm³/mol. The first kappa shape index (κ1) is 14.9. The van der Waals surface area contributed by atoms with Crippen molar-refractivity contribution in [2.75, 3.05) is 6.54 Å². The first-order valence-corrected chi connectivity index (χ1v) is 7.34. The molecule has 0 heterocycles. The second-order valence-corrected chi connectivity index (χ2v) is 5.18. The van der Waals surface area contributed by atoms with Gasteiger partial charge in [0.1, 0.15) is 11.9 Å². The molecule has 2 rings (SSSR count). The number of halogens is 1. The molecule has 0 aliphatic rings. The molecule has 0 saturated heterocycles. The Morgan fingerprint density at radius 3 is 2.45 bits per heavy atom. The molecule has 0 aliphatic carbocycles. The Hall–Kier alpha value is -1.51. The third-order valence-electron chi connectivity index (χ3n) is 3.21. The van der Waals surface area contributed by atoms with Crippen LogP contribution in [0.15, 0.2) is 48.5 Å². The number of rotatable bonds is 6. The minimum absolute atomic E-state index is 0.0278. The van der Waals surface area contributed by atoms with Crippen molar-refractivity contribution in [2.45, 2.75) is 25.9 Å². The zero-order valence-corrected chi connectivity index (χ0v) is 12.4. The summed E-state index contributed by atoms with van der Waals surface area (Å²) in [5, 5.41) is 0.626. The summed E-state index contributed by atoms with van der Waals surface area (Å²) in [6, 6.07) is 16.0. The number of ether oxygens (including phenoxy) is 1. The van der Waals surface area contributed by atoms with Gasteiger partial charge in [-0.1, -0.05) is 61.3 Å². The van der Waals surface area contributed by atoms with E-state index in [0.29, 0.717) is 17.3 Å². The first-order chi connectivity index (χ1) is 9.74. The Bertz CT molecular complexity index is 542. The molecule has 1 atom stereocenters. The van der Waals surface area contributed by atoms with Crippen LogP contribution in [0.4, 0.5) is 0 Å². The van der Waals surface area contributed by atoms with Crippen molar-refractivity contribution in [1.29, 1.82) is 0 Å². The molecule has 0 bridgehead atoms. The van der Waals surface area contributed by atoms with Gasteiger partial charge in [0.05, 0.1) is 5.02 Å². The maximum Gasteiger partial charge on any atom is 0.138 e. The largest absolute Gasteiger partial charge is 0.488 e. The van der Waals surface area contributed by atoms with E-state index in [1.807, 2.05) is 36.4 Å². The maximum absolute atomic E-state index is 6.31. The highest BCUT2D eigenvalue weighted by atomic mass is 35.5. The first-order valence-electron chi connectivity index (χ1n) is 6.96. The van der Waals surface area contributed by atoms with Crippen molar-refractivity contribution >= 4 is 11.6 Å². The summed E-state index contributed by atoms with van der Waals surface area (Å²) in [5.74, 6) is 0.704. The lowest BCUT2D eigenvalue weighted by Crippen LogP contribution is -2.26. The summed E-state index contributed by atoms with van der Waals surface area (Å²) in [6.07, 6.45) is 2.01. The van der Waals surface area contributed by atoms with Crippen LogP contribution in [0, 0.1) is 0 Å². The monoisotopic (exact) mass is 289 g/mol. The number of hydrogen-bond donors (Lipinski definition) is 1. The quantitative estimate of drug-likeness (QED) is 0.849. The van der Waals surface area contributed by atoms with Crippen molar-refractivity contribution in [3.8, 4) is 16.9 Å². The van der Waals surface area contributed by atoms with E-state index in [-0.39, 0.29) is 6.10 Å². The summed E-state index contributed by atoms with van der Waals surface area (Å²) < 4.78 is 5.87. The summed E-state index contributed by atoms with van der Waals surface area (Å²) >= 11 is 6.31. The third kappa shape index (κ3) is 3.75. The van der Waals surface area contributed by atoms with E-state index in [4.69, 9.17) is 22.1 Å². The van der Waals surface area contributed by atoms with Crippen LogP contribution in [0.5, 0.6) is 5.75 Å². The van der Waals surface area contributed by atoms with E-state index in [2.05, 4.69) is 19.1 Å². The molecule has 0 saturated carbocycles. The molecule has 0 aliphatic heterocycles. The van der Waals surface area contributed by atoms with Crippen molar-refractivity contribution in [2.24, 2.45) is 5.73 Å². The molecular weight excluding hydrogens is 270 g/mol. The molecule has 106 valence electrons. The minimum Gasteiger partial charge on any atom is -0.488 e.